The first-order valence-electron chi connectivity index (χ1n) is 10.0. The summed E-state index contributed by atoms with van der Waals surface area (Å²) in [5, 5.41) is 10.6. The number of carboxylic acids is 1. The van der Waals surface area contributed by atoms with E-state index >= 15 is 0 Å². The van der Waals surface area contributed by atoms with Gasteiger partial charge in [0.25, 0.3) is 0 Å². The monoisotopic (exact) mass is 464 g/mol. The zero-order valence-electron chi connectivity index (χ0n) is 17.5. The molecule has 0 unspecified atom stereocenters. The van der Waals surface area contributed by atoms with Crippen LogP contribution in [-0.4, -0.2) is 49.9 Å². The molecule has 2 aromatic rings. The van der Waals surface area contributed by atoms with Gasteiger partial charge in [-0.1, -0.05) is 48.8 Å². The van der Waals surface area contributed by atoms with Crippen molar-refractivity contribution in [2.24, 2.45) is 0 Å². The summed E-state index contributed by atoms with van der Waals surface area (Å²) in [7, 11) is -1.57. The molecule has 1 fully saturated rings. The van der Waals surface area contributed by atoms with E-state index in [0.29, 0.717) is 22.2 Å². The van der Waals surface area contributed by atoms with E-state index in [2.05, 4.69) is 36.0 Å². The molecule has 5 nitrogen and oxygen atoms in total. The Morgan fingerprint density at radius 3 is 2.83 bits per heavy atom. The van der Waals surface area contributed by atoms with Gasteiger partial charge in [-0.05, 0) is 31.0 Å². The van der Waals surface area contributed by atoms with Crippen molar-refractivity contribution in [1.82, 2.24) is 4.98 Å². The zero-order valence-corrected chi connectivity index (χ0v) is 20.0. The molecule has 30 heavy (non-hydrogen) atoms. The van der Waals surface area contributed by atoms with Gasteiger partial charge in [-0.3, -0.25) is 4.79 Å². The summed E-state index contributed by atoms with van der Waals surface area (Å²) >= 11 is 12.8. The highest BCUT2D eigenvalue weighted by molar-refractivity contribution is 6.83. The third-order valence-corrected chi connectivity index (χ3v) is 6.54. The van der Waals surface area contributed by atoms with Gasteiger partial charge in [0.2, 0.25) is 0 Å². The Balaban J connectivity index is 1.97. The molecule has 0 radical (unpaired) electrons. The minimum absolute atomic E-state index is 0.00544. The number of ether oxygens (including phenoxy) is 1. The van der Waals surface area contributed by atoms with Gasteiger partial charge in [0.05, 0.1) is 41.2 Å². The SMILES string of the molecule is C[Si](C)(C)C#Cc1cc(N2CCC[C@H]2COCCC(=O)O)nc2c(Cl)c(Cl)ccc12. The second-order valence-electron chi connectivity index (χ2n) is 8.49. The molecular weight excluding hydrogens is 439 g/mol. The predicted molar refractivity (Wildman–Crippen MR) is 125 cm³/mol. The first kappa shape index (κ1) is 22.9. The van der Waals surface area contributed by atoms with E-state index in [-0.39, 0.29) is 19.1 Å². The van der Waals surface area contributed by atoms with Gasteiger partial charge in [-0.25, -0.2) is 4.98 Å². The Bertz CT molecular complexity index is 1010. The second-order valence-corrected chi connectivity index (χ2v) is 14.0. The number of aromatic nitrogens is 1. The van der Waals surface area contributed by atoms with Crippen LogP contribution in [0.2, 0.25) is 29.7 Å². The number of hydrogen-bond acceptors (Lipinski definition) is 4. The standard InChI is InChI=1S/C22H26Cl2N2O3Si/c1-30(2,3)12-9-15-13-19(25-22-17(15)6-7-18(23)21(22)24)26-10-4-5-16(26)14-29-11-8-20(27)28/h6-7,13,16H,4-5,8,10-11,14H2,1-3H3,(H,27,28)/t16-/m0/s1. The lowest BCUT2D eigenvalue weighted by Crippen LogP contribution is -2.34. The van der Waals surface area contributed by atoms with Gasteiger partial charge in [0.1, 0.15) is 13.9 Å². The fourth-order valence-electron chi connectivity index (χ4n) is 3.42. The Labute approximate surface area is 188 Å². The van der Waals surface area contributed by atoms with Gasteiger partial charge < -0.3 is 14.7 Å². The summed E-state index contributed by atoms with van der Waals surface area (Å²) in [5.41, 5.74) is 4.98. The third-order valence-electron chi connectivity index (χ3n) is 4.87. The van der Waals surface area contributed by atoms with Gasteiger partial charge in [0, 0.05) is 17.5 Å². The minimum atomic E-state index is -1.57. The number of carboxylic acid groups (broad SMARTS) is 1. The number of carbonyl (C=O) groups is 1. The molecule has 0 spiro atoms. The summed E-state index contributed by atoms with van der Waals surface area (Å²) in [4.78, 5) is 17.7. The van der Waals surface area contributed by atoms with Crippen LogP contribution in [0.1, 0.15) is 24.8 Å². The van der Waals surface area contributed by atoms with Crippen molar-refractivity contribution < 1.29 is 14.6 Å². The minimum Gasteiger partial charge on any atom is -0.481 e. The number of benzene rings is 1. The van der Waals surface area contributed by atoms with Crippen LogP contribution in [0, 0.1) is 11.5 Å². The smallest absolute Gasteiger partial charge is 0.305 e. The fourth-order valence-corrected chi connectivity index (χ4v) is 4.28. The molecule has 1 aliphatic heterocycles. The summed E-state index contributed by atoms with van der Waals surface area (Å²) in [5.74, 6) is 3.31. The summed E-state index contributed by atoms with van der Waals surface area (Å²) in [6.07, 6.45) is 1.99. The number of hydrogen-bond donors (Lipinski definition) is 1. The van der Waals surface area contributed by atoms with Gasteiger partial charge in [-0.15, -0.1) is 5.54 Å². The highest BCUT2D eigenvalue weighted by Gasteiger charge is 2.27. The van der Waals surface area contributed by atoms with Crippen molar-refractivity contribution in [3.63, 3.8) is 0 Å². The van der Waals surface area contributed by atoms with E-state index in [1.807, 2.05) is 12.1 Å². The maximum absolute atomic E-state index is 10.7. The maximum atomic E-state index is 10.7. The average Bonchev–Trinajstić information content (AvgIpc) is 3.14. The zero-order chi connectivity index (χ0) is 21.9. The summed E-state index contributed by atoms with van der Waals surface area (Å²) in [6.45, 7) is 8.15. The Morgan fingerprint density at radius 1 is 1.37 bits per heavy atom. The lowest BCUT2D eigenvalue weighted by atomic mass is 10.1. The maximum Gasteiger partial charge on any atom is 0.305 e. The number of nitrogens with zero attached hydrogens (tertiary/aromatic N) is 2. The van der Waals surface area contributed by atoms with Gasteiger partial charge in [-0.2, -0.15) is 0 Å². The quantitative estimate of drug-likeness (QED) is 0.360. The van der Waals surface area contributed by atoms with Crippen molar-refractivity contribution >= 4 is 54.0 Å². The molecule has 2 heterocycles. The summed E-state index contributed by atoms with van der Waals surface area (Å²) in [6, 6.07) is 5.86. The van der Waals surface area contributed by atoms with Crippen molar-refractivity contribution in [2.45, 2.75) is 44.9 Å². The number of aliphatic carboxylic acids is 1. The molecule has 0 amide bonds. The van der Waals surface area contributed by atoms with Crippen molar-refractivity contribution in [2.75, 3.05) is 24.7 Å². The topological polar surface area (TPSA) is 62.7 Å². The molecule has 8 heteroatoms. The van der Waals surface area contributed by atoms with Crippen LogP contribution in [0.5, 0.6) is 0 Å². The van der Waals surface area contributed by atoms with E-state index < -0.39 is 14.0 Å². The van der Waals surface area contributed by atoms with Crippen LogP contribution in [0.4, 0.5) is 5.82 Å². The Kier molecular flexibility index (Phi) is 7.30. The average molecular weight is 465 g/mol. The first-order chi connectivity index (χ1) is 14.2. The number of halogens is 2. The van der Waals surface area contributed by atoms with Crippen molar-refractivity contribution in [3.05, 3.63) is 33.8 Å². The lowest BCUT2D eigenvalue weighted by Gasteiger charge is -2.26. The fraction of sp³-hybridized carbons (Fsp3) is 0.455. The lowest BCUT2D eigenvalue weighted by molar-refractivity contribution is -0.138. The van der Waals surface area contributed by atoms with Crippen LogP contribution in [0.3, 0.4) is 0 Å². The van der Waals surface area contributed by atoms with Crippen LogP contribution in [0.25, 0.3) is 10.9 Å². The number of rotatable bonds is 6. The molecule has 3 rings (SSSR count). The number of anilines is 1. The van der Waals surface area contributed by atoms with Crippen molar-refractivity contribution in [1.29, 1.82) is 0 Å². The number of fused-ring (bicyclic) bond motifs is 1. The molecule has 1 saturated heterocycles. The van der Waals surface area contributed by atoms with E-state index in [9.17, 15) is 4.79 Å². The van der Waals surface area contributed by atoms with E-state index in [0.717, 1.165) is 36.2 Å². The highest BCUT2D eigenvalue weighted by atomic mass is 35.5. The van der Waals surface area contributed by atoms with E-state index in [4.69, 9.17) is 38.0 Å². The largest absolute Gasteiger partial charge is 0.481 e. The molecule has 0 saturated carbocycles. The normalized spacial score (nSPS) is 16.6. The van der Waals surface area contributed by atoms with Gasteiger partial charge in [0.15, 0.2) is 0 Å². The van der Waals surface area contributed by atoms with E-state index in [1.54, 1.807) is 6.07 Å². The highest BCUT2D eigenvalue weighted by Crippen LogP contribution is 2.34. The van der Waals surface area contributed by atoms with Gasteiger partial charge >= 0.3 is 5.97 Å². The predicted octanol–water partition coefficient (Wildman–Crippen LogP) is 5.23. The molecule has 160 valence electrons. The molecule has 1 aliphatic rings. The molecule has 1 aromatic carbocycles. The Morgan fingerprint density at radius 2 is 2.13 bits per heavy atom. The second kappa shape index (κ2) is 9.57. The molecule has 0 bridgehead atoms. The molecule has 1 atom stereocenters. The Hall–Kier alpha value is -1.78. The third kappa shape index (κ3) is 5.67. The molecule has 1 N–H and O–H groups in total. The van der Waals surface area contributed by atoms with Crippen LogP contribution in [0.15, 0.2) is 18.2 Å². The number of pyridine rings is 1. The first-order valence-corrected chi connectivity index (χ1v) is 14.3. The molecule has 0 aliphatic carbocycles. The molecule has 1 aromatic heterocycles. The van der Waals surface area contributed by atoms with Crippen LogP contribution >= 0.6 is 23.2 Å². The van der Waals surface area contributed by atoms with Crippen LogP contribution in [-0.2, 0) is 9.53 Å². The molecular formula is C22H26Cl2N2O3Si. The summed E-state index contributed by atoms with van der Waals surface area (Å²) < 4.78 is 5.61. The van der Waals surface area contributed by atoms with Crippen LogP contribution < -0.4 is 4.90 Å². The van der Waals surface area contributed by atoms with E-state index in [1.165, 1.54) is 0 Å². The van der Waals surface area contributed by atoms with Crippen molar-refractivity contribution in [3.8, 4) is 11.5 Å².